The summed E-state index contributed by atoms with van der Waals surface area (Å²) in [6, 6.07) is 7.68. The lowest BCUT2D eigenvalue weighted by Gasteiger charge is -2.35. The van der Waals surface area contributed by atoms with Crippen molar-refractivity contribution in [2.24, 2.45) is 0 Å². The van der Waals surface area contributed by atoms with Gasteiger partial charge in [0.1, 0.15) is 6.33 Å². The van der Waals surface area contributed by atoms with E-state index in [4.69, 9.17) is 4.74 Å². The first-order chi connectivity index (χ1) is 10.6. The molecule has 1 amide bonds. The highest BCUT2D eigenvalue weighted by Gasteiger charge is 2.25. The van der Waals surface area contributed by atoms with Gasteiger partial charge in [0, 0.05) is 13.1 Å². The summed E-state index contributed by atoms with van der Waals surface area (Å²) in [6.45, 7) is 5.31. The molecular weight excluding hydrogens is 282 g/mol. The number of tetrazole rings is 1. The SMILES string of the molecule is C[C@@H]1CN(C(=O)Cc2ccc(-n3cnnn3)cc2)C[C@H](C)O1. The van der Waals surface area contributed by atoms with Crippen LogP contribution in [0.15, 0.2) is 30.6 Å². The molecule has 1 saturated heterocycles. The number of rotatable bonds is 3. The lowest BCUT2D eigenvalue weighted by atomic mass is 10.1. The number of ether oxygens (including phenoxy) is 1. The minimum Gasteiger partial charge on any atom is -0.372 e. The second-order valence-corrected chi connectivity index (χ2v) is 5.65. The summed E-state index contributed by atoms with van der Waals surface area (Å²) in [4.78, 5) is 14.3. The smallest absolute Gasteiger partial charge is 0.227 e. The number of benzene rings is 1. The van der Waals surface area contributed by atoms with Crippen LogP contribution in [0.1, 0.15) is 19.4 Å². The van der Waals surface area contributed by atoms with E-state index in [1.165, 1.54) is 6.33 Å². The van der Waals surface area contributed by atoms with E-state index < -0.39 is 0 Å². The zero-order valence-electron chi connectivity index (χ0n) is 12.7. The van der Waals surface area contributed by atoms with E-state index in [2.05, 4.69) is 15.5 Å². The maximum atomic E-state index is 12.4. The Labute approximate surface area is 128 Å². The lowest BCUT2D eigenvalue weighted by Crippen LogP contribution is -2.48. The fourth-order valence-electron chi connectivity index (χ4n) is 2.71. The van der Waals surface area contributed by atoms with Crippen LogP contribution in [0.5, 0.6) is 0 Å². The molecule has 0 aliphatic carbocycles. The molecule has 22 heavy (non-hydrogen) atoms. The van der Waals surface area contributed by atoms with Gasteiger partial charge in [-0.2, -0.15) is 0 Å². The predicted octanol–water partition coefficient (Wildman–Crippen LogP) is 0.841. The van der Waals surface area contributed by atoms with E-state index >= 15 is 0 Å². The van der Waals surface area contributed by atoms with Gasteiger partial charge in [-0.3, -0.25) is 4.79 Å². The number of aromatic nitrogens is 4. The van der Waals surface area contributed by atoms with Crippen molar-refractivity contribution in [2.75, 3.05) is 13.1 Å². The quantitative estimate of drug-likeness (QED) is 0.840. The van der Waals surface area contributed by atoms with Gasteiger partial charge in [0.15, 0.2) is 0 Å². The second-order valence-electron chi connectivity index (χ2n) is 5.65. The standard InChI is InChI=1S/C15H19N5O2/c1-11-8-19(9-12(2)22-11)15(21)7-13-3-5-14(6-4-13)20-10-16-17-18-20/h3-6,10-12H,7-9H2,1-2H3/t11-,12+. The zero-order valence-corrected chi connectivity index (χ0v) is 12.7. The summed E-state index contributed by atoms with van der Waals surface area (Å²) >= 11 is 0. The van der Waals surface area contributed by atoms with Crippen LogP contribution >= 0.6 is 0 Å². The topological polar surface area (TPSA) is 73.1 Å². The summed E-state index contributed by atoms with van der Waals surface area (Å²) < 4.78 is 7.24. The van der Waals surface area contributed by atoms with Crippen LogP contribution in [0.25, 0.3) is 5.69 Å². The first-order valence-corrected chi connectivity index (χ1v) is 7.37. The number of morpholine rings is 1. The first kappa shape index (κ1) is 14.6. The van der Waals surface area contributed by atoms with Crippen molar-refractivity contribution < 1.29 is 9.53 Å². The van der Waals surface area contributed by atoms with Gasteiger partial charge in [-0.25, -0.2) is 4.68 Å². The molecule has 0 unspecified atom stereocenters. The fraction of sp³-hybridized carbons (Fsp3) is 0.467. The third-order valence-electron chi connectivity index (χ3n) is 3.68. The molecule has 0 bridgehead atoms. The molecule has 0 radical (unpaired) electrons. The van der Waals surface area contributed by atoms with Crippen LogP contribution in [0.2, 0.25) is 0 Å². The summed E-state index contributed by atoms with van der Waals surface area (Å²) in [7, 11) is 0. The van der Waals surface area contributed by atoms with E-state index in [1.807, 2.05) is 43.0 Å². The van der Waals surface area contributed by atoms with Crippen molar-refractivity contribution in [3.8, 4) is 5.69 Å². The molecule has 0 saturated carbocycles. The highest BCUT2D eigenvalue weighted by molar-refractivity contribution is 5.79. The number of hydrogen-bond donors (Lipinski definition) is 0. The van der Waals surface area contributed by atoms with E-state index in [0.717, 1.165) is 11.3 Å². The second kappa shape index (κ2) is 6.23. The maximum Gasteiger partial charge on any atom is 0.227 e. The van der Waals surface area contributed by atoms with Crippen LogP contribution in [0.4, 0.5) is 0 Å². The molecule has 1 fully saturated rings. The molecule has 2 atom stereocenters. The van der Waals surface area contributed by atoms with Gasteiger partial charge in [-0.05, 0) is 42.0 Å². The lowest BCUT2D eigenvalue weighted by molar-refractivity contribution is -0.142. The van der Waals surface area contributed by atoms with Crippen LogP contribution in [-0.4, -0.2) is 56.3 Å². The zero-order chi connectivity index (χ0) is 15.5. The van der Waals surface area contributed by atoms with Crippen molar-refractivity contribution in [2.45, 2.75) is 32.5 Å². The summed E-state index contributed by atoms with van der Waals surface area (Å²) in [5.74, 6) is 0.136. The normalized spacial score (nSPS) is 21.8. The van der Waals surface area contributed by atoms with Crippen molar-refractivity contribution in [1.82, 2.24) is 25.1 Å². The average Bonchev–Trinajstić information content (AvgIpc) is 3.01. The number of carbonyl (C=O) groups is 1. The first-order valence-electron chi connectivity index (χ1n) is 7.37. The van der Waals surface area contributed by atoms with E-state index in [-0.39, 0.29) is 18.1 Å². The Morgan fingerprint density at radius 3 is 2.50 bits per heavy atom. The molecular formula is C15H19N5O2. The molecule has 2 aromatic rings. The number of nitrogens with zero attached hydrogens (tertiary/aromatic N) is 5. The largest absolute Gasteiger partial charge is 0.372 e. The van der Waals surface area contributed by atoms with E-state index in [0.29, 0.717) is 19.5 Å². The minimum atomic E-state index is 0.0925. The molecule has 1 aromatic heterocycles. The van der Waals surface area contributed by atoms with Crippen molar-refractivity contribution in [3.05, 3.63) is 36.2 Å². The molecule has 3 rings (SSSR count). The van der Waals surface area contributed by atoms with Gasteiger partial charge in [0.2, 0.25) is 5.91 Å². The molecule has 1 aliphatic rings. The molecule has 1 aromatic carbocycles. The maximum absolute atomic E-state index is 12.4. The fourth-order valence-corrected chi connectivity index (χ4v) is 2.71. The number of hydrogen-bond acceptors (Lipinski definition) is 5. The monoisotopic (exact) mass is 301 g/mol. The van der Waals surface area contributed by atoms with Crippen LogP contribution in [0, 0.1) is 0 Å². The molecule has 7 heteroatoms. The van der Waals surface area contributed by atoms with Crippen molar-refractivity contribution in [1.29, 1.82) is 0 Å². The van der Waals surface area contributed by atoms with Crippen molar-refractivity contribution >= 4 is 5.91 Å². The Kier molecular flexibility index (Phi) is 4.15. The van der Waals surface area contributed by atoms with Gasteiger partial charge >= 0.3 is 0 Å². The van der Waals surface area contributed by atoms with Gasteiger partial charge < -0.3 is 9.64 Å². The van der Waals surface area contributed by atoms with Crippen LogP contribution in [-0.2, 0) is 16.0 Å². The molecule has 7 nitrogen and oxygen atoms in total. The average molecular weight is 301 g/mol. The Balaban J connectivity index is 1.64. The van der Waals surface area contributed by atoms with Crippen LogP contribution < -0.4 is 0 Å². The van der Waals surface area contributed by atoms with Gasteiger partial charge in [0.05, 0.1) is 24.3 Å². The summed E-state index contributed by atoms with van der Waals surface area (Å²) in [6.07, 6.45) is 2.12. The molecule has 0 N–H and O–H groups in total. The number of amides is 1. The highest BCUT2D eigenvalue weighted by atomic mass is 16.5. The Morgan fingerprint density at radius 1 is 1.23 bits per heavy atom. The van der Waals surface area contributed by atoms with Crippen LogP contribution in [0.3, 0.4) is 0 Å². The van der Waals surface area contributed by atoms with Gasteiger partial charge in [-0.1, -0.05) is 12.1 Å². The minimum absolute atomic E-state index is 0.0925. The summed E-state index contributed by atoms with van der Waals surface area (Å²) in [5, 5.41) is 11.0. The van der Waals surface area contributed by atoms with Gasteiger partial charge in [0.25, 0.3) is 0 Å². The molecule has 0 spiro atoms. The molecule has 2 heterocycles. The van der Waals surface area contributed by atoms with Gasteiger partial charge in [-0.15, -0.1) is 5.10 Å². The van der Waals surface area contributed by atoms with Crippen molar-refractivity contribution in [3.63, 3.8) is 0 Å². The number of carbonyl (C=O) groups excluding carboxylic acids is 1. The molecule has 1 aliphatic heterocycles. The third kappa shape index (κ3) is 3.30. The van der Waals surface area contributed by atoms with E-state index in [9.17, 15) is 4.79 Å². The predicted molar refractivity (Wildman–Crippen MR) is 79.4 cm³/mol. The van der Waals surface area contributed by atoms with E-state index in [1.54, 1.807) is 4.68 Å². The Morgan fingerprint density at radius 2 is 1.91 bits per heavy atom. The molecule has 116 valence electrons. The third-order valence-corrected chi connectivity index (χ3v) is 3.68. The highest BCUT2D eigenvalue weighted by Crippen LogP contribution is 2.14. The summed E-state index contributed by atoms with van der Waals surface area (Å²) in [5.41, 5.74) is 1.85. The Hall–Kier alpha value is -2.28. The Bertz CT molecular complexity index is 616.